The molecule has 1 saturated heterocycles. The Morgan fingerprint density at radius 3 is 2.80 bits per heavy atom. The summed E-state index contributed by atoms with van der Waals surface area (Å²) in [4.78, 5) is 2.22. The fourth-order valence-corrected chi connectivity index (χ4v) is 2.42. The third kappa shape index (κ3) is 4.78. The molecule has 2 atom stereocenters. The van der Waals surface area contributed by atoms with Crippen LogP contribution >= 0.6 is 0 Å². The normalized spacial score (nSPS) is 21.6. The van der Waals surface area contributed by atoms with Gasteiger partial charge in [0.1, 0.15) is 18.5 Å². The number of aliphatic hydroxyl groups is 1. The molecule has 0 aromatic heterocycles. The minimum Gasteiger partial charge on any atom is -0.491 e. The molecule has 1 aromatic rings. The lowest BCUT2D eigenvalue weighted by atomic mass is 10.2. The number of rotatable bonds is 6. The van der Waals surface area contributed by atoms with Gasteiger partial charge in [0, 0.05) is 19.6 Å². The van der Waals surface area contributed by atoms with Crippen LogP contribution in [0.5, 0.6) is 5.75 Å². The average molecular weight is 279 g/mol. The number of morpholine rings is 1. The zero-order chi connectivity index (χ0) is 14.4. The van der Waals surface area contributed by atoms with Crippen LogP contribution in [-0.2, 0) is 11.2 Å². The number of nitrogens with zero attached hydrogens (tertiary/aromatic N) is 1. The SMILES string of the molecule is CCc1ccc(OCC(O)CN2CCOC(C)C2)cc1. The van der Waals surface area contributed by atoms with E-state index < -0.39 is 6.10 Å². The van der Waals surface area contributed by atoms with Crippen molar-refractivity contribution in [1.82, 2.24) is 4.90 Å². The Bertz CT molecular complexity index is 393. The monoisotopic (exact) mass is 279 g/mol. The van der Waals surface area contributed by atoms with Crippen LogP contribution < -0.4 is 4.74 Å². The van der Waals surface area contributed by atoms with Gasteiger partial charge in [-0.2, -0.15) is 0 Å². The first-order valence-electron chi connectivity index (χ1n) is 7.41. The Kier molecular flexibility index (Phi) is 5.83. The van der Waals surface area contributed by atoms with Gasteiger partial charge in [0.2, 0.25) is 0 Å². The van der Waals surface area contributed by atoms with Crippen molar-refractivity contribution >= 4 is 0 Å². The first kappa shape index (κ1) is 15.3. The molecule has 0 amide bonds. The molecule has 112 valence electrons. The maximum atomic E-state index is 10.0. The van der Waals surface area contributed by atoms with Gasteiger partial charge in [-0.15, -0.1) is 0 Å². The van der Waals surface area contributed by atoms with E-state index >= 15 is 0 Å². The summed E-state index contributed by atoms with van der Waals surface area (Å²) < 4.78 is 11.1. The van der Waals surface area contributed by atoms with Crippen LogP contribution in [0.2, 0.25) is 0 Å². The van der Waals surface area contributed by atoms with Gasteiger partial charge in [0.05, 0.1) is 12.7 Å². The van der Waals surface area contributed by atoms with E-state index in [-0.39, 0.29) is 6.10 Å². The van der Waals surface area contributed by atoms with Crippen molar-refractivity contribution in [2.24, 2.45) is 0 Å². The highest BCUT2D eigenvalue weighted by Crippen LogP contribution is 2.13. The van der Waals surface area contributed by atoms with Crippen molar-refractivity contribution in [3.05, 3.63) is 29.8 Å². The van der Waals surface area contributed by atoms with Gasteiger partial charge in [-0.3, -0.25) is 4.90 Å². The first-order valence-corrected chi connectivity index (χ1v) is 7.41. The number of benzene rings is 1. The number of aliphatic hydroxyl groups excluding tert-OH is 1. The minimum atomic E-state index is -0.467. The molecular formula is C16H25NO3. The fraction of sp³-hybridized carbons (Fsp3) is 0.625. The van der Waals surface area contributed by atoms with Crippen LogP contribution in [0.3, 0.4) is 0 Å². The maximum absolute atomic E-state index is 10.0. The second-order valence-electron chi connectivity index (χ2n) is 5.40. The number of aryl methyl sites for hydroxylation is 1. The van der Waals surface area contributed by atoms with Gasteiger partial charge in [-0.1, -0.05) is 19.1 Å². The molecule has 1 N–H and O–H groups in total. The molecule has 0 spiro atoms. The summed E-state index contributed by atoms with van der Waals surface area (Å²) in [5.74, 6) is 0.816. The molecule has 4 nitrogen and oxygen atoms in total. The Balaban J connectivity index is 1.72. The Labute approximate surface area is 121 Å². The van der Waals surface area contributed by atoms with E-state index in [2.05, 4.69) is 30.9 Å². The summed E-state index contributed by atoms with van der Waals surface area (Å²) in [6.07, 6.45) is 0.808. The molecular weight excluding hydrogens is 254 g/mol. The standard InChI is InChI=1S/C16H25NO3/c1-3-14-4-6-16(7-5-14)20-12-15(18)11-17-8-9-19-13(2)10-17/h4-7,13,15,18H,3,8-12H2,1-2H3. The molecule has 2 rings (SSSR count). The van der Waals surface area contributed by atoms with Gasteiger partial charge in [-0.05, 0) is 31.0 Å². The van der Waals surface area contributed by atoms with Crippen molar-refractivity contribution in [2.45, 2.75) is 32.5 Å². The summed E-state index contributed by atoms with van der Waals surface area (Å²) in [7, 11) is 0. The van der Waals surface area contributed by atoms with Crippen LogP contribution in [0.1, 0.15) is 19.4 Å². The summed E-state index contributed by atoms with van der Waals surface area (Å²) in [5, 5.41) is 10.0. The maximum Gasteiger partial charge on any atom is 0.119 e. The number of hydrogen-bond acceptors (Lipinski definition) is 4. The molecule has 2 unspecified atom stereocenters. The van der Waals surface area contributed by atoms with E-state index in [1.165, 1.54) is 5.56 Å². The molecule has 0 bridgehead atoms. The van der Waals surface area contributed by atoms with E-state index in [9.17, 15) is 5.11 Å². The van der Waals surface area contributed by atoms with E-state index in [4.69, 9.17) is 9.47 Å². The molecule has 0 aliphatic carbocycles. The van der Waals surface area contributed by atoms with Crippen LogP contribution in [0.25, 0.3) is 0 Å². The third-order valence-electron chi connectivity index (χ3n) is 3.57. The van der Waals surface area contributed by atoms with Crippen molar-refractivity contribution in [1.29, 1.82) is 0 Å². The molecule has 1 fully saturated rings. The highest BCUT2D eigenvalue weighted by Gasteiger charge is 2.19. The molecule has 1 aliphatic heterocycles. The third-order valence-corrected chi connectivity index (χ3v) is 3.57. The topological polar surface area (TPSA) is 41.9 Å². The molecule has 0 saturated carbocycles. The second kappa shape index (κ2) is 7.62. The molecule has 1 heterocycles. The Hall–Kier alpha value is -1.10. The smallest absolute Gasteiger partial charge is 0.119 e. The molecule has 1 aromatic carbocycles. The predicted molar refractivity (Wildman–Crippen MR) is 79.2 cm³/mol. The lowest BCUT2D eigenvalue weighted by Gasteiger charge is -2.32. The molecule has 0 radical (unpaired) electrons. The predicted octanol–water partition coefficient (Wildman–Crippen LogP) is 1.71. The molecule has 4 heteroatoms. The van der Waals surface area contributed by atoms with Crippen LogP contribution in [-0.4, -0.2) is 55.1 Å². The van der Waals surface area contributed by atoms with Gasteiger partial charge in [0.25, 0.3) is 0 Å². The largest absolute Gasteiger partial charge is 0.491 e. The molecule has 20 heavy (non-hydrogen) atoms. The first-order chi connectivity index (χ1) is 9.67. The lowest BCUT2D eigenvalue weighted by Crippen LogP contribution is -2.45. The minimum absolute atomic E-state index is 0.249. The van der Waals surface area contributed by atoms with Gasteiger partial charge in [-0.25, -0.2) is 0 Å². The zero-order valence-corrected chi connectivity index (χ0v) is 12.4. The number of hydrogen-bond donors (Lipinski definition) is 1. The van der Waals surface area contributed by atoms with Gasteiger partial charge < -0.3 is 14.6 Å². The summed E-state index contributed by atoms with van der Waals surface area (Å²) >= 11 is 0. The van der Waals surface area contributed by atoms with E-state index in [1.807, 2.05) is 12.1 Å². The number of β-amino-alcohol motifs (C(OH)–C–C–N with tert-alkyl or cyclic N) is 1. The average Bonchev–Trinajstić information content (AvgIpc) is 2.46. The van der Waals surface area contributed by atoms with Crippen LogP contribution in [0.4, 0.5) is 0 Å². The lowest BCUT2D eigenvalue weighted by molar-refractivity contribution is -0.0361. The Morgan fingerprint density at radius 2 is 2.15 bits per heavy atom. The summed E-state index contributed by atoms with van der Waals surface area (Å²) in [6.45, 7) is 7.66. The Morgan fingerprint density at radius 1 is 1.40 bits per heavy atom. The highest BCUT2D eigenvalue weighted by atomic mass is 16.5. The van der Waals surface area contributed by atoms with Crippen molar-refractivity contribution in [2.75, 3.05) is 32.8 Å². The van der Waals surface area contributed by atoms with E-state index in [1.54, 1.807) is 0 Å². The van der Waals surface area contributed by atoms with Crippen molar-refractivity contribution in [3.8, 4) is 5.75 Å². The van der Waals surface area contributed by atoms with E-state index in [0.717, 1.165) is 31.9 Å². The van der Waals surface area contributed by atoms with Gasteiger partial charge >= 0.3 is 0 Å². The van der Waals surface area contributed by atoms with Crippen LogP contribution in [0, 0.1) is 0 Å². The number of ether oxygens (including phenoxy) is 2. The fourth-order valence-electron chi connectivity index (χ4n) is 2.42. The van der Waals surface area contributed by atoms with E-state index in [0.29, 0.717) is 13.2 Å². The van der Waals surface area contributed by atoms with Gasteiger partial charge in [0.15, 0.2) is 0 Å². The second-order valence-corrected chi connectivity index (χ2v) is 5.40. The zero-order valence-electron chi connectivity index (χ0n) is 12.4. The summed E-state index contributed by atoms with van der Waals surface area (Å²) in [6, 6.07) is 8.04. The summed E-state index contributed by atoms with van der Waals surface area (Å²) in [5.41, 5.74) is 1.29. The van der Waals surface area contributed by atoms with Crippen molar-refractivity contribution in [3.63, 3.8) is 0 Å². The molecule has 1 aliphatic rings. The van der Waals surface area contributed by atoms with Crippen LogP contribution in [0.15, 0.2) is 24.3 Å². The highest BCUT2D eigenvalue weighted by molar-refractivity contribution is 5.27. The van der Waals surface area contributed by atoms with Crippen molar-refractivity contribution < 1.29 is 14.6 Å². The quantitative estimate of drug-likeness (QED) is 0.861.